The second kappa shape index (κ2) is 9.10. The first-order valence-corrected chi connectivity index (χ1v) is 12.6. The molecule has 0 amide bonds. The molecule has 0 saturated carbocycles. The zero-order valence-electron chi connectivity index (χ0n) is 18.4. The Kier molecular flexibility index (Phi) is 6.45. The lowest BCUT2D eigenvalue weighted by molar-refractivity contribution is 0.0116. The van der Waals surface area contributed by atoms with E-state index in [-0.39, 0.29) is 6.10 Å². The van der Waals surface area contributed by atoms with Crippen LogP contribution < -0.4 is 9.64 Å². The van der Waals surface area contributed by atoms with E-state index in [1.807, 2.05) is 4.90 Å². The lowest BCUT2D eigenvalue weighted by Gasteiger charge is -2.38. The fraction of sp³-hybridized carbons (Fsp3) is 0.545. The molecule has 0 spiro atoms. The second-order valence-electron chi connectivity index (χ2n) is 8.69. The molecule has 9 heteroatoms. The number of sulfonamides is 1. The maximum absolute atomic E-state index is 11.6. The standard InChI is InChI=1S/C22H31N5O3S/c1-17(2)19-6-4-18(5-7-19)14-25-15-20(16-25)30-22-13-23-21(12-24-22)26-8-10-27(11-9-26)31(3,28)29/h4-7,12-13,17,20H,8-11,14-16H2,1-3H3. The average Bonchev–Trinajstić information content (AvgIpc) is 2.72. The van der Waals surface area contributed by atoms with E-state index in [0.717, 1.165) is 25.5 Å². The number of hydrogen-bond acceptors (Lipinski definition) is 7. The van der Waals surface area contributed by atoms with Crippen molar-refractivity contribution in [3.63, 3.8) is 0 Å². The molecule has 1 aromatic carbocycles. The lowest BCUT2D eigenvalue weighted by atomic mass is 10.0. The van der Waals surface area contributed by atoms with Gasteiger partial charge in [0.05, 0.1) is 18.6 Å². The highest BCUT2D eigenvalue weighted by Crippen LogP contribution is 2.21. The SMILES string of the molecule is CC(C)c1ccc(CN2CC(Oc3cnc(N4CCN(S(C)(=O)=O)CC4)cn3)C2)cc1. The van der Waals surface area contributed by atoms with Gasteiger partial charge in [-0.25, -0.2) is 18.4 Å². The molecule has 3 heterocycles. The first-order chi connectivity index (χ1) is 14.8. The van der Waals surface area contributed by atoms with E-state index in [1.54, 1.807) is 12.4 Å². The minimum absolute atomic E-state index is 0.133. The topological polar surface area (TPSA) is 78.9 Å². The van der Waals surface area contributed by atoms with Crippen molar-refractivity contribution in [3.05, 3.63) is 47.8 Å². The summed E-state index contributed by atoms with van der Waals surface area (Å²) in [6.07, 6.45) is 4.75. The third-order valence-electron chi connectivity index (χ3n) is 5.91. The average molecular weight is 446 g/mol. The molecular formula is C22H31N5O3S. The third-order valence-corrected chi connectivity index (χ3v) is 7.21. The van der Waals surface area contributed by atoms with Crippen LogP contribution >= 0.6 is 0 Å². The number of ether oxygens (including phenoxy) is 1. The number of likely N-dealkylation sites (tertiary alicyclic amines) is 1. The van der Waals surface area contributed by atoms with Gasteiger partial charge in [0.2, 0.25) is 15.9 Å². The van der Waals surface area contributed by atoms with Crippen molar-refractivity contribution in [2.75, 3.05) is 50.4 Å². The van der Waals surface area contributed by atoms with E-state index in [1.165, 1.54) is 21.7 Å². The van der Waals surface area contributed by atoms with Crippen molar-refractivity contribution in [2.45, 2.75) is 32.4 Å². The Hall–Kier alpha value is -2.23. The summed E-state index contributed by atoms with van der Waals surface area (Å²) in [5.74, 6) is 1.84. The molecule has 0 bridgehead atoms. The van der Waals surface area contributed by atoms with Gasteiger partial charge in [-0.1, -0.05) is 38.1 Å². The van der Waals surface area contributed by atoms with E-state index in [9.17, 15) is 8.42 Å². The molecule has 0 unspecified atom stereocenters. The highest BCUT2D eigenvalue weighted by atomic mass is 32.2. The zero-order valence-corrected chi connectivity index (χ0v) is 19.3. The van der Waals surface area contributed by atoms with Crippen molar-refractivity contribution >= 4 is 15.8 Å². The summed E-state index contributed by atoms with van der Waals surface area (Å²) in [5.41, 5.74) is 2.69. The van der Waals surface area contributed by atoms with Crippen LogP contribution in [0.25, 0.3) is 0 Å². The molecule has 2 saturated heterocycles. The Labute approximate surface area is 184 Å². The number of benzene rings is 1. The van der Waals surface area contributed by atoms with Crippen LogP contribution in [0.2, 0.25) is 0 Å². The molecule has 0 N–H and O–H groups in total. The minimum Gasteiger partial charge on any atom is -0.471 e. The molecule has 2 aliphatic rings. The van der Waals surface area contributed by atoms with Crippen molar-refractivity contribution < 1.29 is 13.2 Å². The molecular weight excluding hydrogens is 414 g/mol. The number of rotatable bonds is 7. The minimum atomic E-state index is -3.13. The molecule has 1 aromatic heterocycles. The summed E-state index contributed by atoms with van der Waals surface area (Å²) >= 11 is 0. The van der Waals surface area contributed by atoms with E-state index < -0.39 is 10.0 Å². The second-order valence-corrected chi connectivity index (χ2v) is 10.7. The first-order valence-electron chi connectivity index (χ1n) is 10.8. The van der Waals surface area contributed by atoms with Gasteiger partial charge in [0, 0.05) is 45.8 Å². The molecule has 2 aliphatic heterocycles. The maximum atomic E-state index is 11.6. The molecule has 31 heavy (non-hydrogen) atoms. The van der Waals surface area contributed by atoms with Crippen LogP contribution in [-0.2, 0) is 16.6 Å². The number of hydrogen-bond donors (Lipinski definition) is 0. The highest BCUT2D eigenvalue weighted by Gasteiger charge is 2.29. The van der Waals surface area contributed by atoms with Gasteiger partial charge in [0.1, 0.15) is 11.9 Å². The van der Waals surface area contributed by atoms with Crippen molar-refractivity contribution in [3.8, 4) is 5.88 Å². The number of anilines is 1. The van der Waals surface area contributed by atoms with Gasteiger partial charge in [-0.3, -0.25) is 4.90 Å². The summed E-state index contributed by atoms with van der Waals surface area (Å²) in [7, 11) is -3.13. The quantitative estimate of drug-likeness (QED) is 0.644. The van der Waals surface area contributed by atoms with Crippen LogP contribution in [0.1, 0.15) is 30.9 Å². The van der Waals surface area contributed by atoms with Crippen LogP contribution in [0.4, 0.5) is 5.82 Å². The van der Waals surface area contributed by atoms with Gasteiger partial charge in [0.15, 0.2) is 0 Å². The Morgan fingerprint density at radius 3 is 2.26 bits per heavy atom. The smallest absolute Gasteiger partial charge is 0.232 e. The number of aromatic nitrogens is 2. The highest BCUT2D eigenvalue weighted by molar-refractivity contribution is 7.88. The maximum Gasteiger partial charge on any atom is 0.232 e. The largest absolute Gasteiger partial charge is 0.471 e. The zero-order chi connectivity index (χ0) is 22.0. The Morgan fingerprint density at radius 2 is 1.71 bits per heavy atom. The molecule has 0 radical (unpaired) electrons. The van der Waals surface area contributed by atoms with Crippen molar-refractivity contribution in [1.29, 1.82) is 0 Å². The van der Waals surface area contributed by atoms with Gasteiger partial charge < -0.3 is 9.64 Å². The van der Waals surface area contributed by atoms with Crippen LogP contribution in [0.15, 0.2) is 36.7 Å². The van der Waals surface area contributed by atoms with Gasteiger partial charge in [-0.05, 0) is 17.0 Å². The summed E-state index contributed by atoms with van der Waals surface area (Å²) in [5, 5.41) is 0. The summed E-state index contributed by atoms with van der Waals surface area (Å²) in [6, 6.07) is 8.85. The Morgan fingerprint density at radius 1 is 1.03 bits per heavy atom. The monoisotopic (exact) mass is 445 g/mol. The van der Waals surface area contributed by atoms with Crippen LogP contribution in [0.5, 0.6) is 5.88 Å². The van der Waals surface area contributed by atoms with E-state index in [0.29, 0.717) is 38.0 Å². The van der Waals surface area contributed by atoms with E-state index >= 15 is 0 Å². The molecule has 4 rings (SSSR count). The summed E-state index contributed by atoms with van der Waals surface area (Å²) in [4.78, 5) is 13.3. The third kappa shape index (κ3) is 5.53. The molecule has 168 valence electrons. The normalized spacial score (nSPS) is 18.9. The summed E-state index contributed by atoms with van der Waals surface area (Å²) < 4.78 is 30.7. The van der Waals surface area contributed by atoms with Gasteiger partial charge in [-0.2, -0.15) is 4.31 Å². The summed E-state index contributed by atoms with van der Waals surface area (Å²) in [6.45, 7) is 9.26. The molecule has 0 aliphatic carbocycles. The molecule has 2 aromatic rings. The van der Waals surface area contributed by atoms with Crippen molar-refractivity contribution in [2.24, 2.45) is 0 Å². The van der Waals surface area contributed by atoms with E-state index in [2.05, 4.69) is 53.0 Å². The first kappa shape index (κ1) is 22.0. The Bertz CT molecular complexity index is 965. The predicted molar refractivity (Wildman–Crippen MR) is 121 cm³/mol. The molecule has 0 atom stereocenters. The Balaban J connectivity index is 1.22. The fourth-order valence-corrected chi connectivity index (χ4v) is 4.77. The molecule has 2 fully saturated rings. The lowest BCUT2D eigenvalue weighted by Crippen LogP contribution is -2.53. The predicted octanol–water partition coefficient (Wildman–Crippen LogP) is 1.94. The number of nitrogens with zero attached hydrogens (tertiary/aromatic N) is 5. The number of piperazine rings is 1. The fourth-order valence-electron chi connectivity index (χ4n) is 3.95. The van der Waals surface area contributed by atoms with Crippen molar-refractivity contribution in [1.82, 2.24) is 19.2 Å². The van der Waals surface area contributed by atoms with Gasteiger partial charge >= 0.3 is 0 Å². The van der Waals surface area contributed by atoms with Crippen LogP contribution in [-0.4, -0.2) is 79.2 Å². The van der Waals surface area contributed by atoms with Gasteiger partial charge in [-0.15, -0.1) is 0 Å². The van der Waals surface area contributed by atoms with Crippen LogP contribution in [0, 0.1) is 0 Å². The van der Waals surface area contributed by atoms with Crippen LogP contribution in [0.3, 0.4) is 0 Å². The molecule has 8 nitrogen and oxygen atoms in total. The van der Waals surface area contributed by atoms with E-state index in [4.69, 9.17) is 4.74 Å². The van der Waals surface area contributed by atoms with Gasteiger partial charge in [0.25, 0.3) is 0 Å².